The molecule has 0 atom stereocenters. The van der Waals surface area contributed by atoms with Gasteiger partial charge in [0.25, 0.3) is 11.6 Å². The smallest absolute Gasteiger partial charge is 0.312 e. The van der Waals surface area contributed by atoms with Crippen molar-refractivity contribution in [2.75, 3.05) is 0 Å². The minimum atomic E-state index is -0.614. The first-order valence-corrected chi connectivity index (χ1v) is 7.46. The third-order valence-electron chi connectivity index (χ3n) is 3.27. The Labute approximate surface area is 150 Å². The molecule has 2 aromatic carbocycles. The molecule has 0 saturated carbocycles. The Morgan fingerprint density at radius 3 is 2.46 bits per heavy atom. The highest BCUT2D eigenvalue weighted by atomic mass is 35.5. The zero-order chi connectivity index (χ0) is 18.7. The largest absolute Gasteiger partial charge is 0.477 e. The number of hydrogen-bond donors (Lipinski definition) is 0. The topological polar surface area (TPSA) is 134 Å². The van der Waals surface area contributed by atoms with E-state index in [2.05, 4.69) is 10.1 Å². The van der Waals surface area contributed by atoms with E-state index in [1.165, 1.54) is 42.5 Å². The van der Waals surface area contributed by atoms with Gasteiger partial charge >= 0.3 is 5.69 Å². The molecule has 3 aromatic rings. The highest BCUT2D eigenvalue weighted by Gasteiger charge is 2.17. The summed E-state index contributed by atoms with van der Waals surface area (Å²) in [5.74, 6) is 0.307. The van der Waals surface area contributed by atoms with Gasteiger partial charge in [-0.3, -0.25) is 20.2 Å². The summed E-state index contributed by atoms with van der Waals surface area (Å²) in [5.41, 5.74) is 0.173. The first kappa shape index (κ1) is 17.3. The summed E-state index contributed by atoms with van der Waals surface area (Å²) in [6, 6.07) is 9.61. The predicted molar refractivity (Wildman–Crippen MR) is 88.8 cm³/mol. The number of nitro groups is 2. The van der Waals surface area contributed by atoms with Gasteiger partial charge in [0, 0.05) is 28.8 Å². The molecule has 0 saturated heterocycles. The van der Waals surface area contributed by atoms with E-state index in [-0.39, 0.29) is 40.5 Å². The molecular formula is C15H9ClN4O6. The van der Waals surface area contributed by atoms with Gasteiger partial charge in [0.2, 0.25) is 5.82 Å². The van der Waals surface area contributed by atoms with Crippen molar-refractivity contribution in [2.24, 2.45) is 0 Å². The van der Waals surface area contributed by atoms with Crippen molar-refractivity contribution in [1.29, 1.82) is 0 Å². The number of rotatable bonds is 6. The van der Waals surface area contributed by atoms with Crippen LogP contribution in [0.3, 0.4) is 0 Å². The molecule has 0 fully saturated rings. The third-order valence-corrected chi connectivity index (χ3v) is 3.51. The van der Waals surface area contributed by atoms with Crippen LogP contribution in [0.5, 0.6) is 5.75 Å². The maximum absolute atomic E-state index is 11.0. The lowest BCUT2D eigenvalue weighted by Crippen LogP contribution is -1.99. The zero-order valence-corrected chi connectivity index (χ0v) is 13.6. The fourth-order valence-corrected chi connectivity index (χ4v) is 2.22. The molecule has 10 nitrogen and oxygen atoms in total. The number of non-ortho nitro benzene ring substituents is 1. The Balaban J connectivity index is 1.73. The number of hydrogen-bond acceptors (Lipinski definition) is 8. The third kappa shape index (κ3) is 3.75. The van der Waals surface area contributed by atoms with Crippen molar-refractivity contribution in [2.45, 2.75) is 6.61 Å². The number of nitro benzene ring substituents is 2. The lowest BCUT2D eigenvalue weighted by molar-refractivity contribution is -0.386. The summed E-state index contributed by atoms with van der Waals surface area (Å²) >= 11 is 5.74. The fourth-order valence-electron chi connectivity index (χ4n) is 2.06. The molecule has 1 aromatic heterocycles. The fraction of sp³-hybridized carbons (Fsp3) is 0.0667. The van der Waals surface area contributed by atoms with E-state index >= 15 is 0 Å². The predicted octanol–water partition coefficient (Wildman–Crippen LogP) is 3.79. The number of benzene rings is 2. The highest BCUT2D eigenvalue weighted by Crippen LogP contribution is 2.30. The van der Waals surface area contributed by atoms with Gasteiger partial charge in [-0.15, -0.1) is 0 Å². The van der Waals surface area contributed by atoms with Crippen molar-refractivity contribution in [3.8, 4) is 17.1 Å². The van der Waals surface area contributed by atoms with Gasteiger partial charge in [0.1, 0.15) is 0 Å². The van der Waals surface area contributed by atoms with Crippen molar-refractivity contribution in [1.82, 2.24) is 10.1 Å². The zero-order valence-electron chi connectivity index (χ0n) is 12.9. The van der Waals surface area contributed by atoms with Crippen molar-refractivity contribution < 1.29 is 19.1 Å². The molecule has 0 unspecified atom stereocenters. The number of halogens is 1. The highest BCUT2D eigenvalue weighted by molar-refractivity contribution is 6.30. The van der Waals surface area contributed by atoms with Gasteiger partial charge < -0.3 is 9.26 Å². The molecule has 0 amide bonds. The summed E-state index contributed by atoms with van der Waals surface area (Å²) in [7, 11) is 0. The first-order chi connectivity index (χ1) is 12.4. The molecule has 0 aliphatic carbocycles. The van der Waals surface area contributed by atoms with Crippen LogP contribution >= 0.6 is 11.6 Å². The van der Waals surface area contributed by atoms with Gasteiger partial charge in [-0.2, -0.15) is 4.98 Å². The van der Waals surface area contributed by atoms with Crippen LogP contribution in [0.4, 0.5) is 11.4 Å². The van der Waals surface area contributed by atoms with Gasteiger partial charge in [-0.1, -0.05) is 16.8 Å². The number of aromatic nitrogens is 2. The maximum Gasteiger partial charge on any atom is 0.312 e. The second kappa shape index (κ2) is 7.15. The maximum atomic E-state index is 11.0. The summed E-state index contributed by atoms with van der Waals surface area (Å²) in [6.45, 7) is -0.192. The van der Waals surface area contributed by atoms with Crippen LogP contribution in [0.2, 0.25) is 5.02 Å². The lowest BCUT2D eigenvalue weighted by atomic mass is 10.2. The molecule has 0 bridgehead atoms. The monoisotopic (exact) mass is 376 g/mol. The van der Waals surface area contributed by atoms with Gasteiger partial charge in [0.15, 0.2) is 12.4 Å². The molecular weight excluding hydrogens is 368 g/mol. The Bertz CT molecular complexity index is 973. The molecule has 0 N–H and O–H groups in total. The SMILES string of the molecule is O=[N+]([O-])c1ccc(-c2noc(COc3ccc(Cl)cc3[N+](=O)[O-])n2)cc1. The minimum Gasteiger partial charge on any atom is -0.477 e. The van der Waals surface area contributed by atoms with E-state index in [4.69, 9.17) is 20.9 Å². The van der Waals surface area contributed by atoms with Crippen LogP contribution in [0.15, 0.2) is 47.0 Å². The van der Waals surface area contributed by atoms with Crippen LogP contribution in [-0.4, -0.2) is 20.0 Å². The van der Waals surface area contributed by atoms with Crippen LogP contribution in [0.25, 0.3) is 11.4 Å². The molecule has 3 rings (SSSR count). The van der Waals surface area contributed by atoms with Crippen molar-refractivity contribution in [3.63, 3.8) is 0 Å². The Hall–Kier alpha value is -3.53. The lowest BCUT2D eigenvalue weighted by Gasteiger charge is -2.04. The second-order valence-corrected chi connectivity index (χ2v) is 5.41. The van der Waals surface area contributed by atoms with Crippen molar-refractivity contribution >= 4 is 23.0 Å². The molecule has 0 radical (unpaired) electrons. The van der Waals surface area contributed by atoms with Gasteiger partial charge in [-0.05, 0) is 24.3 Å². The van der Waals surface area contributed by atoms with E-state index in [0.29, 0.717) is 5.56 Å². The van der Waals surface area contributed by atoms with Crippen LogP contribution < -0.4 is 4.74 Å². The molecule has 1 heterocycles. The minimum absolute atomic E-state index is 0.00878. The Morgan fingerprint density at radius 1 is 1.08 bits per heavy atom. The number of ether oxygens (including phenoxy) is 1. The molecule has 132 valence electrons. The molecule has 0 spiro atoms. The number of nitrogens with zero attached hydrogens (tertiary/aromatic N) is 4. The molecule has 11 heteroatoms. The van der Waals surface area contributed by atoms with Gasteiger partial charge in [0.05, 0.1) is 9.85 Å². The summed E-state index contributed by atoms with van der Waals surface area (Å²) in [4.78, 5) is 24.6. The van der Waals surface area contributed by atoms with E-state index < -0.39 is 9.85 Å². The quantitative estimate of drug-likeness (QED) is 0.468. The average molecular weight is 377 g/mol. The van der Waals surface area contributed by atoms with Crippen LogP contribution in [-0.2, 0) is 6.61 Å². The van der Waals surface area contributed by atoms with E-state index in [1.807, 2.05) is 0 Å². The standard InChI is InChI=1S/C15H9ClN4O6/c16-10-3-6-13(12(7-10)20(23)24)25-8-14-17-15(18-26-14)9-1-4-11(5-2-9)19(21)22/h1-7H,8H2. The van der Waals surface area contributed by atoms with Crippen molar-refractivity contribution in [3.05, 3.63) is 73.6 Å². The van der Waals surface area contributed by atoms with Crippen LogP contribution in [0.1, 0.15) is 5.89 Å². The summed E-state index contributed by atoms with van der Waals surface area (Å²) in [5, 5.41) is 25.6. The Kier molecular flexibility index (Phi) is 4.76. The second-order valence-electron chi connectivity index (χ2n) is 4.97. The molecule has 0 aliphatic rings. The summed E-state index contributed by atoms with van der Waals surface area (Å²) < 4.78 is 10.4. The molecule has 0 aliphatic heterocycles. The van der Waals surface area contributed by atoms with E-state index in [9.17, 15) is 20.2 Å². The van der Waals surface area contributed by atoms with E-state index in [0.717, 1.165) is 0 Å². The normalized spacial score (nSPS) is 10.5. The average Bonchev–Trinajstić information content (AvgIpc) is 3.09. The van der Waals surface area contributed by atoms with Crippen LogP contribution in [0, 0.1) is 20.2 Å². The van der Waals surface area contributed by atoms with Gasteiger partial charge in [-0.25, -0.2) is 0 Å². The first-order valence-electron chi connectivity index (χ1n) is 7.08. The Morgan fingerprint density at radius 2 is 1.81 bits per heavy atom. The summed E-state index contributed by atoms with van der Waals surface area (Å²) in [6.07, 6.45) is 0. The molecule has 26 heavy (non-hydrogen) atoms. The van der Waals surface area contributed by atoms with E-state index in [1.54, 1.807) is 0 Å².